The van der Waals surface area contributed by atoms with Gasteiger partial charge >= 0.3 is 0 Å². The Morgan fingerprint density at radius 3 is 2.31 bits per heavy atom. The summed E-state index contributed by atoms with van der Waals surface area (Å²) < 4.78 is 0. The molecule has 1 N–H and O–H groups in total. The first-order valence-electron chi connectivity index (χ1n) is 11.1. The number of amides is 1. The van der Waals surface area contributed by atoms with Crippen LogP contribution in [0, 0.1) is 0 Å². The molecule has 160 valence electrons. The number of carbonyl (C=O) groups is 1. The van der Waals surface area contributed by atoms with Gasteiger partial charge in [0.25, 0.3) is 5.91 Å². The van der Waals surface area contributed by atoms with Crippen LogP contribution in [-0.4, -0.2) is 34.2 Å². The quantitative estimate of drug-likeness (QED) is 0.481. The number of aromatic nitrogens is 3. The van der Waals surface area contributed by atoms with Gasteiger partial charge in [-0.15, -0.1) is 10.2 Å². The van der Waals surface area contributed by atoms with Crippen LogP contribution in [0.5, 0.6) is 0 Å². The van der Waals surface area contributed by atoms with Gasteiger partial charge in [-0.2, -0.15) is 0 Å². The van der Waals surface area contributed by atoms with Crippen molar-refractivity contribution >= 4 is 28.3 Å². The minimum atomic E-state index is -0.231. The smallest absolute Gasteiger partial charge is 0.274 e. The molecular weight excluding hydrogens is 398 g/mol. The molecule has 0 spiro atoms. The third-order valence-corrected chi connectivity index (χ3v) is 5.85. The van der Waals surface area contributed by atoms with Crippen molar-refractivity contribution in [3.8, 4) is 11.3 Å². The molecule has 1 amide bonds. The van der Waals surface area contributed by atoms with Crippen LogP contribution in [0.1, 0.15) is 36.2 Å². The standard InChI is InChI=1S/C26H25N5O/c32-26(24-14-11-19-7-3-4-8-22(19)28-24)27-21-12-9-20(10-13-21)23-15-16-25(30-29-23)31-17-5-1-2-6-18-31/h3-4,7-16H,1-2,5-6,17-18H2,(H,27,32). The predicted molar refractivity (Wildman–Crippen MR) is 128 cm³/mol. The number of nitrogens with zero attached hydrogens (tertiary/aromatic N) is 4. The van der Waals surface area contributed by atoms with E-state index in [0.717, 1.165) is 41.1 Å². The van der Waals surface area contributed by atoms with E-state index in [9.17, 15) is 4.79 Å². The zero-order valence-electron chi connectivity index (χ0n) is 17.9. The number of carbonyl (C=O) groups excluding carboxylic acids is 1. The largest absolute Gasteiger partial charge is 0.355 e. The molecule has 6 nitrogen and oxygen atoms in total. The number of anilines is 2. The van der Waals surface area contributed by atoms with Crippen molar-refractivity contribution < 1.29 is 4.79 Å². The summed E-state index contributed by atoms with van der Waals surface area (Å²) in [5.74, 6) is 0.715. The number of nitrogens with one attached hydrogen (secondary N) is 1. The maximum Gasteiger partial charge on any atom is 0.274 e. The minimum absolute atomic E-state index is 0.231. The van der Waals surface area contributed by atoms with Gasteiger partial charge in [-0.1, -0.05) is 49.2 Å². The van der Waals surface area contributed by atoms with Gasteiger partial charge in [0.15, 0.2) is 5.82 Å². The van der Waals surface area contributed by atoms with Crippen LogP contribution in [0.3, 0.4) is 0 Å². The SMILES string of the molecule is O=C(Nc1ccc(-c2ccc(N3CCCCCC3)nn2)cc1)c1ccc2ccccc2n1. The van der Waals surface area contributed by atoms with Crippen molar-refractivity contribution in [2.75, 3.05) is 23.3 Å². The summed E-state index contributed by atoms with van der Waals surface area (Å²) in [4.78, 5) is 19.4. The molecule has 0 radical (unpaired) electrons. The summed E-state index contributed by atoms with van der Waals surface area (Å²) in [5, 5.41) is 12.8. The number of para-hydroxylation sites is 1. The van der Waals surface area contributed by atoms with Crippen LogP contribution in [0.2, 0.25) is 0 Å². The zero-order chi connectivity index (χ0) is 21.8. The molecule has 2 aromatic carbocycles. The van der Waals surface area contributed by atoms with E-state index in [-0.39, 0.29) is 5.91 Å². The summed E-state index contributed by atoms with van der Waals surface area (Å²) in [6.07, 6.45) is 5.01. The highest BCUT2D eigenvalue weighted by atomic mass is 16.1. The van der Waals surface area contributed by atoms with Gasteiger partial charge in [0.2, 0.25) is 0 Å². The Kier molecular flexibility index (Phi) is 5.75. The van der Waals surface area contributed by atoms with E-state index in [2.05, 4.69) is 31.5 Å². The molecule has 1 saturated heterocycles. The maximum atomic E-state index is 12.6. The molecule has 0 atom stereocenters. The van der Waals surface area contributed by atoms with Crippen LogP contribution in [0.25, 0.3) is 22.2 Å². The number of rotatable bonds is 4. The first-order chi connectivity index (χ1) is 15.8. The predicted octanol–water partition coefficient (Wildman–Crippen LogP) is 5.32. The lowest BCUT2D eigenvalue weighted by atomic mass is 10.1. The number of fused-ring (bicyclic) bond motifs is 1. The lowest BCUT2D eigenvalue weighted by Gasteiger charge is -2.20. The second kappa shape index (κ2) is 9.14. The van der Waals surface area contributed by atoms with Crippen molar-refractivity contribution in [2.45, 2.75) is 25.7 Å². The maximum absolute atomic E-state index is 12.6. The Labute approximate surface area is 187 Å². The molecule has 3 heterocycles. The van der Waals surface area contributed by atoms with Crippen molar-refractivity contribution in [1.82, 2.24) is 15.2 Å². The van der Waals surface area contributed by atoms with Crippen molar-refractivity contribution in [2.24, 2.45) is 0 Å². The second-order valence-corrected chi connectivity index (χ2v) is 8.10. The summed E-state index contributed by atoms with van der Waals surface area (Å²) in [6, 6.07) is 23.1. The summed E-state index contributed by atoms with van der Waals surface area (Å²) in [6.45, 7) is 2.10. The summed E-state index contributed by atoms with van der Waals surface area (Å²) >= 11 is 0. The van der Waals surface area contributed by atoms with Gasteiger partial charge in [-0.25, -0.2) is 4.98 Å². The Morgan fingerprint density at radius 1 is 0.781 bits per heavy atom. The van der Waals surface area contributed by atoms with Crippen LogP contribution in [0.4, 0.5) is 11.5 Å². The number of pyridine rings is 1. The molecular formula is C26H25N5O. The van der Waals surface area contributed by atoms with E-state index < -0.39 is 0 Å². The molecule has 6 heteroatoms. The Balaban J connectivity index is 1.26. The Hall–Kier alpha value is -3.80. The third-order valence-electron chi connectivity index (χ3n) is 5.85. The molecule has 4 aromatic rings. The molecule has 0 unspecified atom stereocenters. The van der Waals surface area contributed by atoms with Crippen LogP contribution in [-0.2, 0) is 0 Å². The van der Waals surface area contributed by atoms with Gasteiger partial charge < -0.3 is 10.2 Å². The molecule has 0 saturated carbocycles. The molecule has 0 bridgehead atoms. The average Bonchev–Trinajstić information content (AvgIpc) is 3.14. The van der Waals surface area contributed by atoms with E-state index in [0.29, 0.717) is 11.4 Å². The highest BCUT2D eigenvalue weighted by Crippen LogP contribution is 2.22. The van der Waals surface area contributed by atoms with Crippen LogP contribution < -0.4 is 10.2 Å². The van der Waals surface area contributed by atoms with E-state index in [1.54, 1.807) is 6.07 Å². The molecule has 32 heavy (non-hydrogen) atoms. The van der Waals surface area contributed by atoms with E-state index in [1.807, 2.05) is 60.7 Å². The number of hydrogen-bond acceptors (Lipinski definition) is 5. The lowest BCUT2D eigenvalue weighted by molar-refractivity contribution is 0.102. The van der Waals surface area contributed by atoms with Crippen molar-refractivity contribution in [3.05, 3.63) is 78.5 Å². The van der Waals surface area contributed by atoms with Crippen LogP contribution >= 0.6 is 0 Å². The van der Waals surface area contributed by atoms with Gasteiger partial charge in [-0.3, -0.25) is 4.79 Å². The molecule has 5 rings (SSSR count). The first-order valence-corrected chi connectivity index (χ1v) is 11.1. The van der Waals surface area contributed by atoms with Gasteiger partial charge in [0, 0.05) is 29.7 Å². The van der Waals surface area contributed by atoms with E-state index in [4.69, 9.17) is 0 Å². The molecule has 1 aliphatic rings. The normalized spacial score (nSPS) is 14.2. The Morgan fingerprint density at radius 2 is 1.56 bits per heavy atom. The number of hydrogen-bond donors (Lipinski definition) is 1. The highest BCUT2D eigenvalue weighted by molar-refractivity contribution is 6.04. The van der Waals surface area contributed by atoms with Gasteiger partial charge in [0.1, 0.15) is 5.69 Å². The topological polar surface area (TPSA) is 71.0 Å². The van der Waals surface area contributed by atoms with E-state index in [1.165, 1.54) is 25.7 Å². The average molecular weight is 424 g/mol. The molecule has 2 aromatic heterocycles. The lowest BCUT2D eigenvalue weighted by Crippen LogP contribution is -2.25. The molecule has 0 aliphatic carbocycles. The molecule has 1 aliphatic heterocycles. The van der Waals surface area contributed by atoms with E-state index >= 15 is 0 Å². The van der Waals surface area contributed by atoms with Gasteiger partial charge in [0.05, 0.1) is 11.2 Å². The van der Waals surface area contributed by atoms with Crippen molar-refractivity contribution in [3.63, 3.8) is 0 Å². The number of benzene rings is 2. The van der Waals surface area contributed by atoms with Gasteiger partial charge in [-0.05, 0) is 49.2 Å². The monoisotopic (exact) mass is 423 g/mol. The second-order valence-electron chi connectivity index (χ2n) is 8.10. The third kappa shape index (κ3) is 4.44. The fraction of sp³-hybridized carbons (Fsp3) is 0.231. The van der Waals surface area contributed by atoms with Crippen molar-refractivity contribution in [1.29, 1.82) is 0 Å². The van der Waals surface area contributed by atoms with Crippen LogP contribution in [0.15, 0.2) is 72.8 Å². The Bertz CT molecular complexity index is 1210. The fourth-order valence-corrected chi connectivity index (χ4v) is 4.06. The highest BCUT2D eigenvalue weighted by Gasteiger charge is 2.12. The zero-order valence-corrected chi connectivity index (χ0v) is 17.9. The summed E-state index contributed by atoms with van der Waals surface area (Å²) in [7, 11) is 0. The minimum Gasteiger partial charge on any atom is -0.355 e. The fourth-order valence-electron chi connectivity index (χ4n) is 4.06. The summed E-state index contributed by atoms with van der Waals surface area (Å²) in [5.41, 5.74) is 3.68. The molecule has 1 fully saturated rings. The first kappa shape index (κ1) is 20.1.